The quantitative estimate of drug-likeness (QED) is 0.317. The van der Waals surface area contributed by atoms with Gasteiger partial charge in [0, 0.05) is 6.54 Å². The number of hydrogen-bond donors (Lipinski definition) is 3. The molecule has 2 heterocycles. The minimum Gasteiger partial charge on any atom is -0.504 e. The van der Waals surface area contributed by atoms with E-state index in [4.69, 9.17) is 20.9 Å². The van der Waals surface area contributed by atoms with E-state index < -0.39 is 31.5 Å². The first-order valence-electron chi connectivity index (χ1n) is 10.3. The second-order valence-electron chi connectivity index (χ2n) is 7.58. The Balaban J connectivity index is 1.66. The summed E-state index contributed by atoms with van der Waals surface area (Å²) in [5.41, 5.74) is -1.72. The molecule has 0 radical (unpaired) electrons. The van der Waals surface area contributed by atoms with Crippen LogP contribution in [-0.2, 0) is 14.9 Å². The Morgan fingerprint density at radius 1 is 1.18 bits per heavy atom. The minimum atomic E-state index is -4.25. The molecule has 1 atom stereocenters. The van der Waals surface area contributed by atoms with Gasteiger partial charge in [0.2, 0.25) is 0 Å². The topological polar surface area (TPSA) is 138 Å². The number of hydrogen-bond acceptors (Lipinski definition) is 9. The molecule has 2 aromatic carbocycles. The summed E-state index contributed by atoms with van der Waals surface area (Å²) in [4.78, 5) is 29.1. The van der Waals surface area contributed by atoms with Crippen LogP contribution >= 0.6 is 11.6 Å². The van der Waals surface area contributed by atoms with Gasteiger partial charge in [0.05, 0.1) is 23.4 Å². The van der Waals surface area contributed by atoms with Gasteiger partial charge in [-0.25, -0.2) is 8.42 Å². The minimum absolute atomic E-state index is 0.0162. The first-order valence-corrected chi connectivity index (χ1v) is 12.1. The van der Waals surface area contributed by atoms with E-state index in [1.165, 1.54) is 12.1 Å². The Morgan fingerprint density at radius 2 is 1.91 bits per heavy atom. The SMILES string of the molecule is CC[C@H](Nc1c(Nc2ccc(Cl)c(S(=O)(=O)N3CCCO3)c2O)c(=O)c1=O)c1ccc(C)o1. The van der Waals surface area contributed by atoms with Gasteiger partial charge < -0.3 is 20.2 Å². The fraction of sp³-hybridized carbons (Fsp3) is 0.333. The maximum Gasteiger partial charge on any atom is 0.270 e. The normalized spacial score (nSPS) is 15.7. The average Bonchev–Trinajstić information content (AvgIpc) is 3.47. The van der Waals surface area contributed by atoms with Crippen molar-refractivity contribution in [2.24, 2.45) is 0 Å². The Morgan fingerprint density at radius 3 is 2.52 bits per heavy atom. The third kappa shape index (κ3) is 4.12. The highest BCUT2D eigenvalue weighted by Gasteiger charge is 2.35. The number of benzene rings is 1. The van der Waals surface area contributed by atoms with Gasteiger partial charge in [0.1, 0.15) is 27.8 Å². The zero-order chi connectivity index (χ0) is 23.9. The summed E-state index contributed by atoms with van der Waals surface area (Å²) in [5, 5.41) is 16.2. The van der Waals surface area contributed by atoms with E-state index in [9.17, 15) is 23.1 Å². The fourth-order valence-corrected chi connectivity index (χ4v) is 5.48. The Hall–Kier alpha value is -2.86. The average molecular weight is 496 g/mol. The maximum absolute atomic E-state index is 12.9. The van der Waals surface area contributed by atoms with Crippen LogP contribution in [0.1, 0.15) is 37.3 Å². The van der Waals surface area contributed by atoms with Crippen LogP contribution in [0.4, 0.5) is 17.1 Å². The van der Waals surface area contributed by atoms with Gasteiger partial charge in [-0.15, -0.1) is 0 Å². The molecule has 12 heteroatoms. The number of aromatic hydroxyl groups is 1. The van der Waals surface area contributed by atoms with Crippen LogP contribution in [0.5, 0.6) is 5.75 Å². The van der Waals surface area contributed by atoms with Crippen LogP contribution < -0.4 is 21.5 Å². The third-order valence-corrected chi connectivity index (χ3v) is 7.51. The van der Waals surface area contributed by atoms with E-state index >= 15 is 0 Å². The van der Waals surface area contributed by atoms with Crippen molar-refractivity contribution in [1.82, 2.24) is 4.47 Å². The standard InChI is InChI=1S/C21H22ClN3O7S/c1-3-13(15-8-5-11(2)32-15)23-16-17(20(28)19(16)27)24-14-7-6-12(22)21(18(14)26)33(29,30)25-9-4-10-31-25/h5-8,13,23-24,26H,3-4,9-10H2,1-2H3/t13-/m0/s1. The number of hydroxylamine groups is 1. The lowest BCUT2D eigenvalue weighted by atomic mass is 10.1. The molecule has 0 unspecified atom stereocenters. The molecule has 1 saturated heterocycles. The van der Waals surface area contributed by atoms with Gasteiger partial charge in [-0.05, 0) is 44.0 Å². The molecule has 3 aromatic rings. The molecule has 3 N–H and O–H groups in total. The van der Waals surface area contributed by atoms with Gasteiger partial charge in [0.25, 0.3) is 20.9 Å². The van der Waals surface area contributed by atoms with Crippen LogP contribution in [0.2, 0.25) is 5.02 Å². The van der Waals surface area contributed by atoms with Crippen molar-refractivity contribution in [2.45, 2.75) is 37.6 Å². The fourth-order valence-electron chi connectivity index (χ4n) is 3.58. The molecule has 0 saturated carbocycles. The zero-order valence-electron chi connectivity index (χ0n) is 17.8. The predicted molar refractivity (Wildman–Crippen MR) is 122 cm³/mol. The Bertz CT molecular complexity index is 1370. The highest BCUT2D eigenvalue weighted by Crippen LogP contribution is 2.40. The number of nitrogens with zero attached hydrogens (tertiary/aromatic N) is 1. The van der Waals surface area contributed by atoms with Crippen molar-refractivity contribution in [3.05, 3.63) is 61.3 Å². The summed E-state index contributed by atoms with van der Waals surface area (Å²) in [5.74, 6) is 0.614. The lowest BCUT2D eigenvalue weighted by Gasteiger charge is -2.21. The number of aryl methyl sites for hydroxylation is 1. The molecule has 0 amide bonds. The number of anilines is 3. The number of halogens is 1. The van der Waals surface area contributed by atoms with Crippen molar-refractivity contribution in [3.8, 4) is 5.75 Å². The van der Waals surface area contributed by atoms with Crippen LogP contribution in [0.15, 0.2) is 43.2 Å². The molecule has 0 aliphatic carbocycles. The molecule has 0 spiro atoms. The molecule has 1 fully saturated rings. The summed E-state index contributed by atoms with van der Waals surface area (Å²) in [6, 6.07) is 5.78. The van der Waals surface area contributed by atoms with E-state index in [-0.39, 0.29) is 41.3 Å². The Labute approximate surface area is 194 Å². The number of phenols is 1. The first kappa shape index (κ1) is 23.3. The number of nitrogens with one attached hydrogen (secondary N) is 2. The zero-order valence-corrected chi connectivity index (χ0v) is 19.4. The van der Waals surface area contributed by atoms with Crippen molar-refractivity contribution in [2.75, 3.05) is 23.8 Å². The van der Waals surface area contributed by atoms with E-state index in [0.29, 0.717) is 24.4 Å². The number of sulfonamides is 1. The first-order chi connectivity index (χ1) is 15.6. The molecular formula is C21H22ClN3O7S. The smallest absolute Gasteiger partial charge is 0.270 e. The van der Waals surface area contributed by atoms with Crippen LogP contribution in [-0.4, -0.2) is 31.1 Å². The molecule has 1 aromatic heterocycles. The van der Waals surface area contributed by atoms with E-state index in [1.807, 2.05) is 6.92 Å². The molecule has 1 aliphatic heterocycles. The summed E-state index contributed by atoms with van der Waals surface area (Å²) in [6.07, 6.45) is 1.07. The number of furan rings is 1. The number of rotatable bonds is 8. The van der Waals surface area contributed by atoms with Crippen molar-refractivity contribution in [1.29, 1.82) is 0 Å². The van der Waals surface area contributed by atoms with Crippen LogP contribution in [0, 0.1) is 6.92 Å². The van der Waals surface area contributed by atoms with E-state index in [0.717, 1.165) is 4.47 Å². The monoisotopic (exact) mass is 495 g/mol. The molecule has 0 bridgehead atoms. The van der Waals surface area contributed by atoms with E-state index in [2.05, 4.69) is 10.6 Å². The van der Waals surface area contributed by atoms with E-state index in [1.54, 1.807) is 19.1 Å². The van der Waals surface area contributed by atoms with Gasteiger partial charge >= 0.3 is 0 Å². The largest absolute Gasteiger partial charge is 0.504 e. The summed E-state index contributed by atoms with van der Waals surface area (Å²) in [6.45, 7) is 4.02. The Kier molecular flexibility index (Phi) is 6.23. The van der Waals surface area contributed by atoms with Gasteiger partial charge in [-0.1, -0.05) is 23.0 Å². The van der Waals surface area contributed by atoms with Crippen LogP contribution in [0.25, 0.3) is 0 Å². The van der Waals surface area contributed by atoms with Gasteiger partial charge in [-0.2, -0.15) is 0 Å². The summed E-state index contributed by atoms with van der Waals surface area (Å²) < 4.78 is 32.2. The molecule has 176 valence electrons. The summed E-state index contributed by atoms with van der Waals surface area (Å²) >= 11 is 6.08. The van der Waals surface area contributed by atoms with Gasteiger partial charge in [-0.3, -0.25) is 14.4 Å². The van der Waals surface area contributed by atoms with Crippen molar-refractivity contribution in [3.63, 3.8) is 0 Å². The predicted octanol–water partition coefficient (Wildman–Crippen LogP) is 3.18. The highest BCUT2D eigenvalue weighted by molar-refractivity contribution is 7.89. The lowest BCUT2D eigenvalue weighted by molar-refractivity contribution is -0.0285. The summed E-state index contributed by atoms with van der Waals surface area (Å²) in [7, 11) is -4.25. The second-order valence-corrected chi connectivity index (χ2v) is 9.75. The van der Waals surface area contributed by atoms with Crippen molar-refractivity contribution >= 4 is 38.7 Å². The molecule has 4 rings (SSSR count). The van der Waals surface area contributed by atoms with Crippen LogP contribution in [0.3, 0.4) is 0 Å². The lowest BCUT2D eigenvalue weighted by Crippen LogP contribution is -2.37. The number of phenolic OH excluding ortho intramolecular Hbond substituents is 1. The molecular weight excluding hydrogens is 474 g/mol. The molecule has 10 nitrogen and oxygen atoms in total. The molecule has 33 heavy (non-hydrogen) atoms. The van der Waals surface area contributed by atoms with Crippen molar-refractivity contribution < 1.29 is 22.8 Å². The second kappa shape index (κ2) is 8.82. The maximum atomic E-state index is 12.9. The van der Waals surface area contributed by atoms with Gasteiger partial charge in [0.15, 0.2) is 5.75 Å². The molecule has 1 aliphatic rings. The third-order valence-electron chi connectivity index (χ3n) is 5.33. The highest BCUT2D eigenvalue weighted by atomic mass is 35.5.